The van der Waals surface area contributed by atoms with E-state index in [1.54, 1.807) is 0 Å². The Kier molecular flexibility index (Phi) is 3.69. The summed E-state index contributed by atoms with van der Waals surface area (Å²) in [4.78, 5) is 4.62. The van der Waals surface area contributed by atoms with Crippen LogP contribution in [-0.4, -0.2) is 22.1 Å². The molecule has 0 radical (unpaired) electrons. The Bertz CT molecular complexity index is 682. The van der Waals surface area contributed by atoms with Crippen molar-refractivity contribution in [3.8, 4) is 6.07 Å². The Balaban J connectivity index is 1.81. The number of hydrogen-bond acceptors (Lipinski definition) is 3. The molecule has 0 bridgehead atoms. The highest BCUT2D eigenvalue weighted by Crippen LogP contribution is 2.37. The molecule has 1 aromatic heterocycles. The third-order valence-corrected chi connectivity index (χ3v) is 5.01. The maximum absolute atomic E-state index is 9.54. The number of rotatable bonds is 4. The molecule has 1 saturated carbocycles. The molecular weight excluding hydrogens is 260 g/mol. The summed E-state index contributed by atoms with van der Waals surface area (Å²) in [6.45, 7) is 2.99. The second kappa shape index (κ2) is 5.50. The molecule has 1 fully saturated rings. The van der Waals surface area contributed by atoms with E-state index < -0.39 is 0 Å². The molecule has 1 N–H and O–H groups in total. The van der Waals surface area contributed by atoms with Crippen LogP contribution in [0.5, 0.6) is 0 Å². The van der Waals surface area contributed by atoms with Crippen molar-refractivity contribution in [2.75, 3.05) is 7.05 Å². The van der Waals surface area contributed by atoms with Crippen molar-refractivity contribution in [2.24, 2.45) is 5.92 Å². The Hall–Kier alpha value is -1.86. The zero-order valence-electron chi connectivity index (χ0n) is 12.8. The monoisotopic (exact) mass is 282 g/mol. The zero-order chi connectivity index (χ0) is 14.9. The lowest BCUT2D eigenvalue weighted by atomic mass is 9.86. The fourth-order valence-electron chi connectivity index (χ4n) is 3.76. The van der Waals surface area contributed by atoms with E-state index in [1.165, 1.54) is 5.52 Å². The summed E-state index contributed by atoms with van der Waals surface area (Å²) in [6.07, 6.45) is 4.27. The second-order valence-electron chi connectivity index (χ2n) is 6.01. The largest absolute Gasteiger partial charge is 0.328 e. The summed E-state index contributed by atoms with van der Waals surface area (Å²) >= 11 is 0. The van der Waals surface area contributed by atoms with E-state index in [2.05, 4.69) is 46.1 Å². The van der Waals surface area contributed by atoms with E-state index >= 15 is 0 Å². The van der Waals surface area contributed by atoms with Gasteiger partial charge < -0.3 is 9.88 Å². The third kappa shape index (κ3) is 2.32. The molecule has 1 heterocycles. The predicted molar refractivity (Wildman–Crippen MR) is 83.8 cm³/mol. The quantitative estimate of drug-likeness (QED) is 0.938. The van der Waals surface area contributed by atoms with Gasteiger partial charge in [0, 0.05) is 6.54 Å². The summed E-state index contributed by atoms with van der Waals surface area (Å²) in [7, 11) is 1.92. The van der Waals surface area contributed by atoms with Crippen LogP contribution in [-0.2, 0) is 6.54 Å². The second-order valence-corrected chi connectivity index (χ2v) is 6.01. The van der Waals surface area contributed by atoms with Gasteiger partial charge in [-0.2, -0.15) is 5.26 Å². The van der Waals surface area contributed by atoms with Gasteiger partial charge in [-0.25, -0.2) is 4.98 Å². The molecule has 0 spiro atoms. The van der Waals surface area contributed by atoms with Crippen LogP contribution in [0.1, 0.15) is 31.5 Å². The highest BCUT2D eigenvalue weighted by molar-refractivity contribution is 5.75. The Morgan fingerprint density at radius 2 is 2.29 bits per heavy atom. The Labute approximate surface area is 125 Å². The minimum atomic E-state index is -0.329. The first-order valence-electron chi connectivity index (χ1n) is 7.72. The molecular formula is C17H22N4. The molecule has 4 heteroatoms. The van der Waals surface area contributed by atoms with Crippen molar-refractivity contribution in [3.63, 3.8) is 0 Å². The number of nitrogens with zero attached hydrogens (tertiary/aromatic N) is 3. The number of benzene rings is 1. The number of nitrogens with one attached hydrogen (secondary N) is 1. The topological polar surface area (TPSA) is 53.6 Å². The maximum Gasteiger partial charge on any atom is 0.109 e. The molecule has 1 aliphatic carbocycles. The van der Waals surface area contributed by atoms with Crippen LogP contribution in [0, 0.1) is 24.2 Å². The molecule has 1 aliphatic rings. The molecule has 110 valence electrons. The third-order valence-electron chi connectivity index (χ3n) is 5.01. The van der Waals surface area contributed by atoms with Gasteiger partial charge in [0.25, 0.3) is 0 Å². The molecule has 2 atom stereocenters. The lowest BCUT2D eigenvalue weighted by Crippen LogP contribution is -2.45. The van der Waals surface area contributed by atoms with Crippen LogP contribution in [0.15, 0.2) is 24.3 Å². The molecule has 0 saturated heterocycles. The lowest BCUT2D eigenvalue weighted by Gasteiger charge is -2.28. The van der Waals surface area contributed by atoms with Crippen molar-refractivity contribution in [2.45, 2.75) is 44.7 Å². The number of hydrogen-bond donors (Lipinski definition) is 1. The number of para-hydroxylation sites is 2. The summed E-state index contributed by atoms with van der Waals surface area (Å²) in [5.74, 6) is 1.48. The van der Waals surface area contributed by atoms with E-state index in [0.717, 1.165) is 43.6 Å². The van der Waals surface area contributed by atoms with Gasteiger partial charge in [-0.3, -0.25) is 0 Å². The molecule has 2 unspecified atom stereocenters. The minimum Gasteiger partial charge on any atom is -0.328 e. The number of aryl methyl sites for hydroxylation is 2. The van der Waals surface area contributed by atoms with E-state index in [4.69, 9.17) is 0 Å². The van der Waals surface area contributed by atoms with Crippen LogP contribution >= 0.6 is 0 Å². The predicted octanol–water partition coefficient (Wildman–Crippen LogP) is 3.02. The number of nitriles is 1. The standard InChI is InChI=1S/C17H22N4/c1-13-20-15-7-3-4-8-16(15)21(13)11-9-14-6-5-10-17(14,12-18)19-2/h3-4,7-8,14,19H,5-6,9-11H2,1-2H3. The fraction of sp³-hybridized carbons (Fsp3) is 0.529. The smallest absolute Gasteiger partial charge is 0.109 e. The van der Waals surface area contributed by atoms with Crippen molar-refractivity contribution in [3.05, 3.63) is 30.1 Å². The first-order chi connectivity index (χ1) is 10.2. The van der Waals surface area contributed by atoms with Gasteiger partial charge in [0.05, 0.1) is 17.1 Å². The maximum atomic E-state index is 9.54. The molecule has 0 aliphatic heterocycles. The minimum absolute atomic E-state index is 0.329. The van der Waals surface area contributed by atoms with E-state index in [1.807, 2.05) is 13.1 Å². The number of aromatic nitrogens is 2. The molecule has 0 amide bonds. The average Bonchev–Trinajstić information content (AvgIpc) is 3.05. The van der Waals surface area contributed by atoms with Gasteiger partial charge in [-0.05, 0) is 51.3 Å². The van der Waals surface area contributed by atoms with Crippen LogP contribution < -0.4 is 5.32 Å². The van der Waals surface area contributed by atoms with Gasteiger partial charge in [0.2, 0.25) is 0 Å². The van der Waals surface area contributed by atoms with E-state index in [9.17, 15) is 5.26 Å². The first-order valence-corrected chi connectivity index (χ1v) is 7.72. The van der Waals surface area contributed by atoms with Crippen LogP contribution in [0.3, 0.4) is 0 Å². The lowest BCUT2D eigenvalue weighted by molar-refractivity contribution is 0.308. The SMILES string of the molecule is CNC1(C#N)CCCC1CCn1c(C)nc2ccccc21. The molecule has 4 nitrogen and oxygen atoms in total. The van der Waals surface area contributed by atoms with Crippen LogP contribution in [0.2, 0.25) is 0 Å². The van der Waals surface area contributed by atoms with Crippen LogP contribution in [0.25, 0.3) is 11.0 Å². The number of imidazole rings is 1. The Morgan fingerprint density at radius 3 is 3.05 bits per heavy atom. The summed E-state index contributed by atoms with van der Waals surface area (Å²) in [6, 6.07) is 10.8. The molecule has 3 rings (SSSR count). The summed E-state index contributed by atoms with van der Waals surface area (Å²) in [5.41, 5.74) is 1.92. The fourth-order valence-corrected chi connectivity index (χ4v) is 3.76. The highest BCUT2D eigenvalue weighted by Gasteiger charge is 2.41. The summed E-state index contributed by atoms with van der Waals surface area (Å²) < 4.78 is 2.28. The Morgan fingerprint density at radius 1 is 1.48 bits per heavy atom. The molecule has 2 aromatic rings. The highest BCUT2D eigenvalue weighted by atomic mass is 15.1. The average molecular weight is 282 g/mol. The van der Waals surface area contributed by atoms with Crippen molar-refractivity contribution in [1.82, 2.24) is 14.9 Å². The zero-order valence-corrected chi connectivity index (χ0v) is 12.8. The van der Waals surface area contributed by atoms with E-state index in [0.29, 0.717) is 5.92 Å². The molecule has 21 heavy (non-hydrogen) atoms. The van der Waals surface area contributed by atoms with Crippen molar-refractivity contribution < 1.29 is 0 Å². The molecule has 1 aromatic carbocycles. The first kappa shape index (κ1) is 14.1. The van der Waals surface area contributed by atoms with Crippen molar-refractivity contribution in [1.29, 1.82) is 5.26 Å². The van der Waals surface area contributed by atoms with Gasteiger partial charge in [-0.1, -0.05) is 18.6 Å². The van der Waals surface area contributed by atoms with Crippen molar-refractivity contribution >= 4 is 11.0 Å². The van der Waals surface area contributed by atoms with Gasteiger partial charge in [0.1, 0.15) is 11.4 Å². The number of fused-ring (bicyclic) bond motifs is 1. The van der Waals surface area contributed by atoms with E-state index in [-0.39, 0.29) is 5.54 Å². The van der Waals surface area contributed by atoms with Gasteiger partial charge in [-0.15, -0.1) is 0 Å². The normalized spacial score (nSPS) is 25.3. The summed E-state index contributed by atoms with van der Waals surface area (Å²) in [5, 5.41) is 12.8. The van der Waals surface area contributed by atoms with Gasteiger partial charge in [0.15, 0.2) is 0 Å². The van der Waals surface area contributed by atoms with Gasteiger partial charge >= 0.3 is 0 Å². The van der Waals surface area contributed by atoms with Crippen LogP contribution in [0.4, 0.5) is 0 Å².